The smallest absolute Gasteiger partial charge is 0.359 e. The molecule has 4 heteroatoms. The Morgan fingerprint density at radius 1 is 1.09 bits per heavy atom. The lowest BCUT2D eigenvalue weighted by Gasteiger charge is -2.23. The SMILES string of the molecule is CC(C)(C)c1cc(-c2ccccc2)cc2c1OC(=O)C2(O)S. The molecule has 1 N–H and O–H groups in total. The molecule has 0 amide bonds. The van der Waals surface area contributed by atoms with Crippen LogP contribution in [0.2, 0.25) is 0 Å². The molecule has 0 radical (unpaired) electrons. The van der Waals surface area contributed by atoms with E-state index >= 15 is 0 Å². The summed E-state index contributed by atoms with van der Waals surface area (Å²) in [7, 11) is 0. The third-order valence-corrected chi connectivity index (χ3v) is 4.28. The third kappa shape index (κ3) is 2.32. The van der Waals surface area contributed by atoms with Crippen LogP contribution < -0.4 is 4.74 Å². The van der Waals surface area contributed by atoms with Crippen molar-refractivity contribution in [2.75, 3.05) is 0 Å². The van der Waals surface area contributed by atoms with Gasteiger partial charge in [-0.15, -0.1) is 12.6 Å². The summed E-state index contributed by atoms with van der Waals surface area (Å²) in [4.78, 5) is 10.0. The lowest BCUT2D eigenvalue weighted by molar-refractivity contribution is -0.143. The first-order valence-corrected chi connectivity index (χ1v) is 7.57. The maximum Gasteiger partial charge on any atom is 0.359 e. The predicted molar refractivity (Wildman–Crippen MR) is 89.1 cm³/mol. The van der Waals surface area contributed by atoms with Crippen LogP contribution in [0, 0.1) is 0 Å². The molecule has 0 aliphatic carbocycles. The fourth-order valence-electron chi connectivity index (χ4n) is 2.63. The largest absolute Gasteiger partial charge is 0.423 e. The Morgan fingerprint density at radius 3 is 2.32 bits per heavy atom. The number of fused-ring (bicyclic) bond motifs is 1. The molecule has 0 spiro atoms. The molecule has 1 unspecified atom stereocenters. The number of thiol groups is 1. The number of rotatable bonds is 1. The van der Waals surface area contributed by atoms with Gasteiger partial charge in [0.1, 0.15) is 5.75 Å². The standard InChI is InChI=1S/C18H18O3S/c1-17(2,3)13-9-12(11-7-5-4-6-8-11)10-14-15(13)21-16(19)18(14,20)22/h4-10,20,22H,1-3H3. The fourth-order valence-corrected chi connectivity index (χ4v) is 2.84. The van der Waals surface area contributed by atoms with Crippen LogP contribution in [0.5, 0.6) is 5.75 Å². The van der Waals surface area contributed by atoms with Crippen LogP contribution >= 0.6 is 12.6 Å². The second kappa shape index (κ2) is 4.86. The van der Waals surface area contributed by atoms with E-state index in [0.717, 1.165) is 16.7 Å². The van der Waals surface area contributed by atoms with Crippen LogP contribution in [-0.2, 0) is 15.1 Å². The molecule has 3 rings (SSSR count). The third-order valence-electron chi connectivity index (χ3n) is 3.86. The molecular formula is C18H18O3S. The first kappa shape index (κ1) is 15.1. The first-order valence-electron chi connectivity index (χ1n) is 7.12. The van der Waals surface area contributed by atoms with Crippen LogP contribution in [0.25, 0.3) is 11.1 Å². The molecule has 1 aliphatic heterocycles. The summed E-state index contributed by atoms with van der Waals surface area (Å²) < 4.78 is 5.31. The number of carbonyl (C=O) groups is 1. The van der Waals surface area contributed by atoms with Crippen molar-refractivity contribution in [3.05, 3.63) is 53.6 Å². The maximum absolute atomic E-state index is 11.9. The summed E-state index contributed by atoms with van der Waals surface area (Å²) in [5.74, 6) is -0.323. The van der Waals surface area contributed by atoms with Crippen LogP contribution in [0.3, 0.4) is 0 Å². The highest BCUT2D eigenvalue weighted by molar-refractivity contribution is 7.82. The van der Waals surface area contributed by atoms with Gasteiger partial charge in [-0.2, -0.15) is 0 Å². The first-order chi connectivity index (χ1) is 10.2. The zero-order valence-corrected chi connectivity index (χ0v) is 13.6. The van der Waals surface area contributed by atoms with E-state index in [1.165, 1.54) is 0 Å². The molecular weight excluding hydrogens is 296 g/mol. The summed E-state index contributed by atoms with van der Waals surface area (Å²) in [6.07, 6.45) is 0. The molecule has 1 atom stereocenters. The molecule has 3 nitrogen and oxygen atoms in total. The van der Waals surface area contributed by atoms with E-state index in [1.807, 2.05) is 57.2 Å². The average Bonchev–Trinajstić information content (AvgIpc) is 2.68. The van der Waals surface area contributed by atoms with E-state index in [9.17, 15) is 9.90 Å². The number of carbonyl (C=O) groups excluding carboxylic acids is 1. The van der Waals surface area contributed by atoms with E-state index in [2.05, 4.69) is 12.6 Å². The van der Waals surface area contributed by atoms with Crippen molar-refractivity contribution in [2.24, 2.45) is 0 Å². The Kier molecular flexibility index (Phi) is 3.34. The van der Waals surface area contributed by atoms with Crippen molar-refractivity contribution in [2.45, 2.75) is 31.1 Å². The van der Waals surface area contributed by atoms with Gasteiger partial charge in [0.05, 0.1) is 0 Å². The molecule has 0 saturated heterocycles. The van der Waals surface area contributed by atoms with Crippen molar-refractivity contribution in [1.82, 2.24) is 0 Å². The molecule has 114 valence electrons. The Labute approximate surface area is 135 Å². The summed E-state index contributed by atoms with van der Waals surface area (Å²) in [6.45, 7) is 6.13. The molecule has 0 bridgehead atoms. The summed E-state index contributed by atoms with van der Waals surface area (Å²) in [5, 5.41) is 10.4. The minimum absolute atomic E-state index is 0.233. The second-order valence-corrected chi connectivity index (χ2v) is 7.23. The topological polar surface area (TPSA) is 46.5 Å². The van der Waals surface area contributed by atoms with Gasteiger partial charge in [-0.1, -0.05) is 51.1 Å². The van der Waals surface area contributed by atoms with E-state index in [4.69, 9.17) is 4.74 Å². The van der Waals surface area contributed by atoms with Gasteiger partial charge in [-0.25, -0.2) is 4.79 Å². The molecule has 1 heterocycles. The highest BCUT2D eigenvalue weighted by atomic mass is 32.1. The number of hydrogen-bond donors (Lipinski definition) is 2. The molecule has 0 saturated carbocycles. The van der Waals surface area contributed by atoms with E-state index in [1.54, 1.807) is 6.07 Å². The van der Waals surface area contributed by atoms with Gasteiger partial charge in [0.15, 0.2) is 0 Å². The molecule has 2 aromatic carbocycles. The number of esters is 1. The van der Waals surface area contributed by atoms with Crippen molar-refractivity contribution < 1.29 is 14.6 Å². The van der Waals surface area contributed by atoms with Crippen molar-refractivity contribution in [3.8, 4) is 16.9 Å². The Hall–Kier alpha value is -1.78. The highest BCUT2D eigenvalue weighted by Crippen LogP contribution is 2.48. The van der Waals surface area contributed by atoms with Crippen LogP contribution in [0.4, 0.5) is 0 Å². The van der Waals surface area contributed by atoms with Crippen molar-refractivity contribution in [1.29, 1.82) is 0 Å². The van der Waals surface area contributed by atoms with Crippen LogP contribution in [0.15, 0.2) is 42.5 Å². The highest BCUT2D eigenvalue weighted by Gasteiger charge is 2.47. The molecule has 0 fully saturated rings. The number of hydrogen-bond acceptors (Lipinski definition) is 4. The van der Waals surface area contributed by atoms with Gasteiger partial charge in [-0.05, 0) is 28.7 Å². The molecule has 22 heavy (non-hydrogen) atoms. The molecule has 2 aromatic rings. The van der Waals surface area contributed by atoms with Gasteiger partial charge in [-0.3, -0.25) is 0 Å². The average molecular weight is 314 g/mol. The fraction of sp³-hybridized carbons (Fsp3) is 0.278. The second-order valence-electron chi connectivity index (χ2n) is 6.58. The van der Waals surface area contributed by atoms with Gasteiger partial charge >= 0.3 is 5.97 Å². The van der Waals surface area contributed by atoms with Gasteiger partial charge in [0.25, 0.3) is 0 Å². The molecule has 0 aromatic heterocycles. The van der Waals surface area contributed by atoms with E-state index in [0.29, 0.717) is 11.3 Å². The normalized spacial score (nSPS) is 20.7. The van der Waals surface area contributed by atoms with Crippen LogP contribution in [0.1, 0.15) is 31.9 Å². The van der Waals surface area contributed by atoms with Crippen LogP contribution in [-0.4, -0.2) is 11.1 Å². The summed E-state index contributed by atoms with van der Waals surface area (Å²) >= 11 is 4.11. The maximum atomic E-state index is 11.9. The quantitative estimate of drug-likeness (QED) is 0.365. The van der Waals surface area contributed by atoms with E-state index in [-0.39, 0.29) is 5.41 Å². The zero-order valence-electron chi connectivity index (χ0n) is 12.8. The lowest BCUT2D eigenvalue weighted by atomic mass is 9.83. The number of ether oxygens (including phenoxy) is 1. The van der Waals surface area contributed by atoms with Gasteiger partial charge in [0, 0.05) is 11.1 Å². The summed E-state index contributed by atoms with van der Waals surface area (Å²) in [5.41, 5.74) is 2.99. The molecule has 1 aliphatic rings. The Morgan fingerprint density at radius 2 is 1.73 bits per heavy atom. The number of benzene rings is 2. The predicted octanol–water partition coefficient (Wildman–Crippen LogP) is 3.65. The van der Waals surface area contributed by atoms with Gasteiger partial charge in [0.2, 0.25) is 4.93 Å². The van der Waals surface area contributed by atoms with Gasteiger partial charge < -0.3 is 9.84 Å². The minimum atomic E-state index is -1.90. The minimum Gasteiger partial charge on any atom is -0.423 e. The Bertz CT molecular complexity index is 743. The monoisotopic (exact) mass is 314 g/mol. The lowest BCUT2D eigenvalue weighted by Crippen LogP contribution is -2.26. The Balaban J connectivity index is 2.30. The van der Waals surface area contributed by atoms with Crippen molar-refractivity contribution >= 4 is 18.6 Å². The van der Waals surface area contributed by atoms with E-state index < -0.39 is 10.9 Å². The summed E-state index contributed by atoms with van der Waals surface area (Å²) in [6, 6.07) is 13.6. The van der Waals surface area contributed by atoms with Crippen molar-refractivity contribution in [3.63, 3.8) is 0 Å². The number of aliphatic hydroxyl groups is 1. The zero-order chi connectivity index (χ0) is 16.1.